The highest BCUT2D eigenvalue weighted by Crippen LogP contribution is 2.29. The zero-order valence-corrected chi connectivity index (χ0v) is 12.0. The van der Waals surface area contributed by atoms with Crippen LogP contribution in [0.25, 0.3) is 0 Å². The number of hydrogen-bond acceptors (Lipinski definition) is 2. The molecule has 0 aromatic heterocycles. The Morgan fingerprint density at radius 2 is 2.00 bits per heavy atom. The van der Waals surface area contributed by atoms with Crippen LogP contribution in [0.3, 0.4) is 0 Å². The second-order valence-electron chi connectivity index (χ2n) is 5.38. The Balaban J connectivity index is 2.05. The smallest absolute Gasteiger partial charge is 0.241 e. The van der Waals surface area contributed by atoms with Crippen molar-refractivity contribution >= 4 is 5.91 Å². The van der Waals surface area contributed by atoms with Gasteiger partial charge < -0.3 is 10.6 Å². The Hall–Kier alpha value is -1.79. The van der Waals surface area contributed by atoms with E-state index in [4.69, 9.17) is 12.2 Å². The molecule has 1 amide bonds. The Labute approximate surface area is 121 Å². The fourth-order valence-corrected chi connectivity index (χ4v) is 2.28. The number of amides is 1. The molecule has 0 spiro atoms. The highest BCUT2D eigenvalue weighted by Gasteiger charge is 2.34. The summed E-state index contributed by atoms with van der Waals surface area (Å²) in [6.45, 7) is 2.76. The molecule has 0 saturated heterocycles. The standard InChI is InChI=1S/C17H22N2O/c1-3-5-16(18)17(20)19(15-10-11-15)12-14-8-6-13(4-2)7-9-14/h1,6-9,15-16H,4-5,10-12,18H2,2H3. The molecule has 0 bridgehead atoms. The summed E-state index contributed by atoms with van der Waals surface area (Å²) in [6, 6.07) is 8.19. The molecule has 1 aliphatic rings. The maximum Gasteiger partial charge on any atom is 0.241 e. The van der Waals surface area contributed by atoms with Gasteiger partial charge in [-0.1, -0.05) is 31.2 Å². The van der Waals surface area contributed by atoms with Crippen molar-refractivity contribution in [2.75, 3.05) is 0 Å². The third kappa shape index (κ3) is 3.61. The first-order chi connectivity index (χ1) is 9.65. The first kappa shape index (κ1) is 14.6. The van der Waals surface area contributed by atoms with Crippen molar-refractivity contribution in [1.29, 1.82) is 0 Å². The topological polar surface area (TPSA) is 46.3 Å². The summed E-state index contributed by atoms with van der Waals surface area (Å²) in [5.74, 6) is 2.45. The molecule has 1 saturated carbocycles. The molecule has 3 nitrogen and oxygen atoms in total. The van der Waals surface area contributed by atoms with Gasteiger partial charge in [0.25, 0.3) is 0 Å². The number of benzene rings is 1. The van der Waals surface area contributed by atoms with Gasteiger partial charge in [0.05, 0.1) is 6.04 Å². The number of aryl methyl sites for hydroxylation is 1. The molecule has 1 atom stereocenters. The van der Waals surface area contributed by atoms with Crippen LogP contribution in [0.4, 0.5) is 0 Å². The van der Waals surface area contributed by atoms with E-state index in [0.717, 1.165) is 24.8 Å². The van der Waals surface area contributed by atoms with Crippen molar-refractivity contribution in [3.63, 3.8) is 0 Å². The van der Waals surface area contributed by atoms with Crippen molar-refractivity contribution in [2.24, 2.45) is 5.73 Å². The largest absolute Gasteiger partial charge is 0.334 e. The Morgan fingerprint density at radius 1 is 1.40 bits per heavy atom. The van der Waals surface area contributed by atoms with E-state index in [1.807, 2.05) is 4.90 Å². The van der Waals surface area contributed by atoms with Crippen LogP contribution < -0.4 is 5.73 Å². The molecule has 106 valence electrons. The van der Waals surface area contributed by atoms with Gasteiger partial charge in [0, 0.05) is 19.0 Å². The molecule has 0 heterocycles. The first-order valence-corrected chi connectivity index (χ1v) is 7.23. The predicted molar refractivity (Wildman–Crippen MR) is 80.8 cm³/mol. The minimum atomic E-state index is -0.574. The third-order valence-electron chi connectivity index (χ3n) is 3.71. The van der Waals surface area contributed by atoms with Gasteiger partial charge in [-0.15, -0.1) is 12.3 Å². The Bertz CT molecular complexity index is 497. The van der Waals surface area contributed by atoms with Crippen LogP contribution in [0.15, 0.2) is 24.3 Å². The Kier molecular flexibility index (Phi) is 4.81. The molecule has 20 heavy (non-hydrogen) atoms. The van der Waals surface area contributed by atoms with Gasteiger partial charge in [-0.3, -0.25) is 4.79 Å². The molecule has 2 N–H and O–H groups in total. The molecule has 2 rings (SSSR count). The molecule has 1 aliphatic carbocycles. The van der Waals surface area contributed by atoms with Crippen LogP contribution in [0.2, 0.25) is 0 Å². The fraction of sp³-hybridized carbons (Fsp3) is 0.471. The van der Waals surface area contributed by atoms with E-state index in [1.54, 1.807) is 0 Å². The van der Waals surface area contributed by atoms with Gasteiger partial charge in [-0.25, -0.2) is 0 Å². The quantitative estimate of drug-likeness (QED) is 0.805. The SMILES string of the molecule is C#CCC(N)C(=O)N(Cc1ccc(CC)cc1)C1CC1. The summed E-state index contributed by atoms with van der Waals surface area (Å²) < 4.78 is 0. The summed E-state index contributed by atoms with van der Waals surface area (Å²) in [7, 11) is 0. The molecule has 1 aromatic rings. The summed E-state index contributed by atoms with van der Waals surface area (Å²) in [5.41, 5.74) is 8.32. The molecular weight excluding hydrogens is 248 g/mol. The van der Waals surface area contributed by atoms with Gasteiger partial charge in [-0.2, -0.15) is 0 Å². The zero-order chi connectivity index (χ0) is 14.5. The number of nitrogens with two attached hydrogens (primary N) is 1. The van der Waals surface area contributed by atoms with Crippen LogP contribution in [0.5, 0.6) is 0 Å². The van der Waals surface area contributed by atoms with Crippen LogP contribution in [0, 0.1) is 12.3 Å². The normalized spacial score (nSPS) is 15.4. The monoisotopic (exact) mass is 270 g/mol. The second kappa shape index (κ2) is 6.58. The van der Waals surface area contributed by atoms with Crippen LogP contribution in [0.1, 0.15) is 37.3 Å². The predicted octanol–water partition coefficient (Wildman–Crippen LogP) is 2.09. The molecule has 3 heteroatoms. The fourth-order valence-electron chi connectivity index (χ4n) is 2.28. The minimum Gasteiger partial charge on any atom is -0.334 e. The van der Waals surface area contributed by atoms with E-state index in [-0.39, 0.29) is 5.91 Å². The van der Waals surface area contributed by atoms with E-state index in [1.165, 1.54) is 5.56 Å². The number of hydrogen-bond donors (Lipinski definition) is 1. The average Bonchev–Trinajstić information content (AvgIpc) is 3.29. The molecular formula is C17H22N2O. The van der Waals surface area contributed by atoms with Crippen molar-refractivity contribution in [1.82, 2.24) is 4.90 Å². The van der Waals surface area contributed by atoms with Crippen molar-refractivity contribution in [3.05, 3.63) is 35.4 Å². The van der Waals surface area contributed by atoms with Gasteiger partial charge in [-0.05, 0) is 30.4 Å². The van der Waals surface area contributed by atoms with E-state index in [0.29, 0.717) is 19.0 Å². The first-order valence-electron chi connectivity index (χ1n) is 7.23. The number of nitrogens with zero attached hydrogens (tertiary/aromatic N) is 1. The van der Waals surface area contributed by atoms with Gasteiger partial charge in [0.2, 0.25) is 5.91 Å². The minimum absolute atomic E-state index is 0.0231. The highest BCUT2D eigenvalue weighted by molar-refractivity contribution is 5.82. The molecule has 0 aliphatic heterocycles. The van der Waals surface area contributed by atoms with Gasteiger partial charge in [0.15, 0.2) is 0 Å². The van der Waals surface area contributed by atoms with E-state index >= 15 is 0 Å². The number of terminal acetylenes is 1. The molecule has 1 unspecified atom stereocenters. The van der Waals surface area contributed by atoms with Crippen molar-refractivity contribution in [3.8, 4) is 12.3 Å². The van der Waals surface area contributed by atoms with E-state index < -0.39 is 6.04 Å². The molecule has 1 aromatic carbocycles. The lowest BCUT2D eigenvalue weighted by Gasteiger charge is -2.25. The van der Waals surface area contributed by atoms with Crippen molar-refractivity contribution in [2.45, 2.75) is 51.2 Å². The summed E-state index contributed by atoms with van der Waals surface area (Å²) in [4.78, 5) is 14.2. The average molecular weight is 270 g/mol. The van der Waals surface area contributed by atoms with Crippen LogP contribution in [-0.2, 0) is 17.8 Å². The van der Waals surface area contributed by atoms with Crippen LogP contribution >= 0.6 is 0 Å². The van der Waals surface area contributed by atoms with Crippen LogP contribution in [-0.4, -0.2) is 22.9 Å². The highest BCUT2D eigenvalue weighted by atomic mass is 16.2. The van der Waals surface area contributed by atoms with Gasteiger partial charge in [0.1, 0.15) is 0 Å². The maximum absolute atomic E-state index is 12.3. The lowest BCUT2D eigenvalue weighted by molar-refractivity contribution is -0.133. The lowest BCUT2D eigenvalue weighted by atomic mass is 10.1. The second-order valence-corrected chi connectivity index (χ2v) is 5.38. The zero-order valence-electron chi connectivity index (χ0n) is 12.0. The van der Waals surface area contributed by atoms with Crippen molar-refractivity contribution < 1.29 is 4.79 Å². The summed E-state index contributed by atoms with van der Waals surface area (Å²) in [6.07, 6.45) is 8.71. The Morgan fingerprint density at radius 3 is 2.50 bits per heavy atom. The summed E-state index contributed by atoms with van der Waals surface area (Å²) in [5, 5.41) is 0. The van der Waals surface area contributed by atoms with E-state index in [9.17, 15) is 4.79 Å². The molecule has 0 radical (unpaired) electrons. The number of rotatable bonds is 6. The lowest BCUT2D eigenvalue weighted by Crippen LogP contribution is -2.44. The molecule has 1 fully saturated rings. The number of carbonyl (C=O) groups excluding carboxylic acids is 1. The van der Waals surface area contributed by atoms with E-state index in [2.05, 4.69) is 37.1 Å². The van der Waals surface area contributed by atoms with Gasteiger partial charge >= 0.3 is 0 Å². The summed E-state index contributed by atoms with van der Waals surface area (Å²) >= 11 is 0. The third-order valence-corrected chi connectivity index (χ3v) is 3.71. The maximum atomic E-state index is 12.3. The number of carbonyl (C=O) groups is 1.